The number of hydrogen-bond acceptors (Lipinski definition) is 6. The van der Waals surface area contributed by atoms with Crippen molar-refractivity contribution in [2.24, 2.45) is 0 Å². The Bertz CT molecular complexity index is 580. The third-order valence-electron chi connectivity index (χ3n) is 2.41. The van der Waals surface area contributed by atoms with Crippen LogP contribution in [0.4, 0.5) is 0 Å². The van der Waals surface area contributed by atoms with Gasteiger partial charge in [0, 0.05) is 6.54 Å². The summed E-state index contributed by atoms with van der Waals surface area (Å²) in [6.07, 6.45) is 0. The van der Waals surface area contributed by atoms with Crippen LogP contribution in [0.5, 0.6) is 5.75 Å². The molecule has 0 bridgehead atoms. The monoisotopic (exact) mass is 299 g/mol. The molecule has 0 atom stereocenters. The standard InChI is InChI=1S/C11H13N3O3S2/c1-3-14-10(9-7(17-2)4-5-18-9)12-13-11(14)19-6-8(15)16/h4-5H,3,6H2,1-2H3,(H,15,16). The summed E-state index contributed by atoms with van der Waals surface area (Å²) in [5.74, 6) is 0.565. The zero-order chi connectivity index (χ0) is 13.8. The van der Waals surface area contributed by atoms with Gasteiger partial charge in [-0.25, -0.2) is 0 Å². The Morgan fingerprint density at radius 1 is 1.58 bits per heavy atom. The first-order valence-electron chi connectivity index (χ1n) is 5.57. The average molecular weight is 299 g/mol. The molecule has 2 aromatic rings. The van der Waals surface area contributed by atoms with Crippen molar-refractivity contribution < 1.29 is 14.6 Å². The molecule has 0 unspecified atom stereocenters. The average Bonchev–Trinajstić information content (AvgIpc) is 3.01. The first-order valence-corrected chi connectivity index (χ1v) is 7.43. The van der Waals surface area contributed by atoms with E-state index in [2.05, 4.69) is 10.2 Å². The Balaban J connectivity index is 2.34. The van der Waals surface area contributed by atoms with Crippen LogP contribution in [0.15, 0.2) is 16.6 Å². The fraction of sp³-hybridized carbons (Fsp3) is 0.364. The number of rotatable bonds is 6. The number of carbonyl (C=O) groups is 1. The molecule has 2 aromatic heterocycles. The van der Waals surface area contributed by atoms with Gasteiger partial charge in [0.05, 0.1) is 12.9 Å². The van der Waals surface area contributed by atoms with Gasteiger partial charge in [-0.2, -0.15) is 0 Å². The molecule has 0 saturated heterocycles. The maximum atomic E-state index is 10.6. The van der Waals surface area contributed by atoms with Crippen LogP contribution < -0.4 is 4.74 Å². The second-order valence-corrected chi connectivity index (χ2v) is 5.41. The molecule has 2 heterocycles. The lowest BCUT2D eigenvalue weighted by Crippen LogP contribution is -2.03. The lowest BCUT2D eigenvalue weighted by atomic mass is 10.4. The summed E-state index contributed by atoms with van der Waals surface area (Å²) >= 11 is 2.69. The lowest BCUT2D eigenvalue weighted by molar-refractivity contribution is -0.133. The highest BCUT2D eigenvalue weighted by Gasteiger charge is 2.18. The van der Waals surface area contributed by atoms with Gasteiger partial charge in [0.25, 0.3) is 0 Å². The van der Waals surface area contributed by atoms with Gasteiger partial charge in [-0.15, -0.1) is 21.5 Å². The van der Waals surface area contributed by atoms with Crippen LogP contribution in [-0.2, 0) is 11.3 Å². The molecule has 19 heavy (non-hydrogen) atoms. The Hall–Kier alpha value is -1.54. The number of aliphatic carboxylic acids is 1. The maximum absolute atomic E-state index is 10.6. The van der Waals surface area contributed by atoms with Gasteiger partial charge in [0.2, 0.25) is 0 Å². The number of nitrogens with zero attached hydrogens (tertiary/aromatic N) is 3. The largest absolute Gasteiger partial charge is 0.495 e. The molecule has 0 fully saturated rings. The third-order valence-corrected chi connectivity index (χ3v) is 4.25. The molecule has 2 rings (SSSR count). The maximum Gasteiger partial charge on any atom is 0.313 e. The van der Waals surface area contributed by atoms with Crippen LogP contribution in [0.2, 0.25) is 0 Å². The highest BCUT2D eigenvalue weighted by Crippen LogP contribution is 2.35. The number of thiophene rings is 1. The minimum atomic E-state index is -0.870. The van der Waals surface area contributed by atoms with Crippen molar-refractivity contribution in [3.05, 3.63) is 11.4 Å². The van der Waals surface area contributed by atoms with Crippen molar-refractivity contribution in [3.8, 4) is 16.5 Å². The molecule has 0 aliphatic carbocycles. The molecule has 0 radical (unpaired) electrons. The van der Waals surface area contributed by atoms with E-state index < -0.39 is 5.97 Å². The number of aromatic nitrogens is 3. The molecule has 0 aliphatic heterocycles. The summed E-state index contributed by atoms with van der Waals surface area (Å²) in [6.45, 7) is 2.64. The van der Waals surface area contributed by atoms with Crippen molar-refractivity contribution >= 4 is 29.1 Å². The molecule has 0 amide bonds. The molecule has 0 aliphatic rings. The van der Waals surface area contributed by atoms with Crippen molar-refractivity contribution in [3.63, 3.8) is 0 Å². The number of hydrogen-bond donors (Lipinski definition) is 1. The minimum absolute atomic E-state index is 0.0281. The van der Waals surface area contributed by atoms with Crippen LogP contribution in [0.1, 0.15) is 6.92 Å². The zero-order valence-corrected chi connectivity index (χ0v) is 12.1. The molecule has 8 heteroatoms. The first kappa shape index (κ1) is 13.9. The number of thioether (sulfide) groups is 1. The summed E-state index contributed by atoms with van der Waals surface area (Å²) in [7, 11) is 1.61. The van der Waals surface area contributed by atoms with Crippen LogP contribution >= 0.6 is 23.1 Å². The van der Waals surface area contributed by atoms with Gasteiger partial charge in [-0.1, -0.05) is 11.8 Å². The van der Waals surface area contributed by atoms with E-state index in [4.69, 9.17) is 9.84 Å². The minimum Gasteiger partial charge on any atom is -0.495 e. The molecule has 0 saturated carbocycles. The van der Waals surface area contributed by atoms with E-state index in [1.54, 1.807) is 7.11 Å². The van der Waals surface area contributed by atoms with E-state index >= 15 is 0 Å². The van der Waals surface area contributed by atoms with Crippen molar-refractivity contribution in [1.29, 1.82) is 0 Å². The molecular weight excluding hydrogens is 286 g/mol. The van der Waals surface area contributed by atoms with E-state index in [1.165, 1.54) is 11.3 Å². The fourth-order valence-electron chi connectivity index (χ4n) is 1.60. The molecular formula is C11H13N3O3S2. The zero-order valence-electron chi connectivity index (χ0n) is 10.5. The molecule has 1 N–H and O–H groups in total. The summed E-state index contributed by atoms with van der Waals surface area (Å²) < 4.78 is 7.17. The summed E-state index contributed by atoms with van der Waals surface area (Å²) in [5.41, 5.74) is 0. The van der Waals surface area contributed by atoms with Crippen LogP contribution in [0.25, 0.3) is 10.7 Å². The van der Waals surface area contributed by atoms with Crippen molar-refractivity contribution in [2.45, 2.75) is 18.6 Å². The second kappa shape index (κ2) is 6.07. The Morgan fingerprint density at radius 2 is 2.37 bits per heavy atom. The quantitative estimate of drug-likeness (QED) is 0.824. The second-order valence-electron chi connectivity index (χ2n) is 3.55. The first-order chi connectivity index (χ1) is 9.17. The fourth-order valence-corrected chi connectivity index (χ4v) is 3.17. The number of ether oxygens (including phenoxy) is 1. The van der Waals surface area contributed by atoms with Gasteiger partial charge in [-0.3, -0.25) is 4.79 Å². The summed E-state index contributed by atoms with van der Waals surface area (Å²) in [6, 6.07) is 1.87. The number of methoxy groups -OCH3 is 1. The third kappa shape index (κ3) is 2.90. The van der Waals surface area contributed by atoms with Gasteiger partial charge in [0.1, 0.15) is 10.6 Å². The number of carboxylic acids is 1. The van der Waals surface area contributed by atoms with Gasteiger partial charge in [-0.05, 0) is 18.4 Å². The Morgan fingerprint density at radius 3 is 3.00 bits per heavy atom. The van der Waals surface area contributed by atoms with E-state index in [0.717, 1.165) is 22.4 Å². The smallest absolute Gasteiger partial charge is 0.313 e. The van der Waals surface area contributed by atoms with Crippen LogP contribution in [0.3, 0.4) is 0 Å². The van der Waals surface area contributed by atoms with Gasteiger partial charge < -0.3 is 14.4 Å². The van der Waals surface area contributed by atoms with Crippen molar-refractivity contribution in [2.75, 3.05) is 12.9 Å². The van der Waals surface area contributed by atoms with E-state index in [1.807, 2.05) is 22.9 Å². The molecule has 0 spiro atoms. The van der Waals surface area contributed by atoms with Gasteiger partial charge in [0.15, 0.2) is 11.0 Å². The summed E-state index contributed by atoms with van der Waals surface area (Å²) in [4.78, 5) is 11.5. The SMILES string of the molecule is CCn1c(SCC(=O)O)nnc1-c1sccc1OC. The Labute approximate surface area is 118 Å². The lowest BCUT2D eigenvalue weighted by Gasteiger charge is -2.06. The molecule has 0 aromatic carbocycles. The highest BCUT2D eigenvalue weighted by atomic mass is 32.2. The highest BCUT2D eigenvalue weighted by molar-refractivity contribution is 7.99. The van der Waals surface area contributed by atoms with E-state index in [9.17, 15) is 4.79 Å². The Kier molecular flexibility index (Phi) is 4.43. The normalized spacial score (nSPS) is 10.6. The predicted octanol–water partition coefficient (Wildman–Crippen LogP) is 2.21. The van der Waals surface area contributed by atoms with Gasteiger partial charge >= 0.3 is 5.97 Å². The van der Waals surface area contributed by atoms with Crippen LogP contribution in [-0.4, -0.2) is 38.7 Å². The topological polar surface area (TPSA) is 77.2 Å². The predicted molar refractivity (Wildman–Crippen MR) is 73.9 cm³/mol. The summed E-state index contributed by atoms with van der Waals surface area (Å²) in [5, 5.41) is 19.4. The molecule has 102 valence electrons. The van der Waals surface area contributed by atoms with E-state index in [0.29, 0.717) is 17.5 Å². The van der Waals surface area contributed by atoms with Crippen LogP contribution in [0, 0.1) is 0 Å². The number of carboxylic acid groups (broad SMARTS) is 1. The van der Waals surface area contributed by atoms with E-state index in [-0.39, 0.29) is 5.75 Å². The van der Waals surface area contributed by atoms with Crippen molar-refractivity contribution in [1.82, 2.24) is 14.8 Å². The molecule has 6 nitrogen and oxygen atoms in total.